The molecule has 0 saturated carbocycles. The summed E-state index contributed by atoms with van der Waals surface area (Å²) in [6, 6.07) is 5.13. The van der Waals surface area contributed by atoms with Crippen LogP contribution in [0.5, 0.6) is 0 Å². The molecule has 0 fully saturated rings. The molecule has 0 heterocycles. The van der Waals surface area contributed by atoms with Crippen molar-refractivity contribution >= 4 is 11.6 Å². The molecule has 1 aromatic carbocycles. The van der Waals surface area contributed by atoms with Crippen LogP contribution in [0.3, 0.4) is 0 Å². The van der Waals surface area contributed by atoms with Crippen LogP contribution in [-0.4, -0.2) is 24.0 Å². The Morgan fingerprint density at radius 1 is 1.30 bits per heavy atom. The van der Waals surface area contributed by atoms with E-state index in [9.17, 15) is 4.39 Å². The van der Waals surface area contributed by atoms with Crippen LogP contribution < -0.4 is 5.73 Å². The lowest BCUT2D eigenvalue weighted by atomic mass is 10.0. The van der Waals surface area contributed by atoms with E-state index in [2.05, 4.69) is 25.7 Å². The summed E-state index contributed by atoms with van der Waals surface area (Å²) in [5, 5.41) is 0.429. The zero-order valence-electron chi connectivity index (χ0n) is 12.7. The highest BCUT2D eigenvalue weighted by atomic mass is 35.5. The second kappa shape index (κ2) is 8.60. The standard InChI is InChI=1S/C16H26ClFN2/c1-4-6-7-20(12(3)5-2)16(11-19)13-8-14(17)10-15(18)9-13/h8-10,12,16H,4-7,11,19H2,1-3H3. The van der Waals surface area contributed by atoms with Crippen LogP contribution >= 0.6 is 11.6 Å². The number of unbranched alkanes of at least 4 members (excludes halogenated alkanes) is 1. The van der Waals surface area contributed by atoms with Crippen molar-refractivity contribution in [2.75, 3.05) is 13.1 Å². The van der Waals surface area contributed by atoms with E-state index in [0.717, 1.165) is 31.4 Å². The average Bonchev–Trinajstić information content (AvgIpc) is 2.41. The summed E-state index contributed by atoms with van der Waals surface area (Å²) in [5.41, 5.74) is 6.83. The van der Waals surface area contributed by atoms with Gasteiger partial charge in [-0.25, -0.2) is 4.39 Å². The van der Waals surface area contributed by atoms with Gasteiger partial charge in [0, 0.05) is 23.7 Å². The third-order valence-corrected chi connectivity index (χ3v) is 4.04. The molecule has 1 rings (SSSR count). The molecular weight excluding hydrogens is 275 g/mol. The summed E-state index contributed by atoms with van der Waals surface area (Å²) >= 11 is 5.97. The third-order valence-electron chi connectivity index (χ3n) is 3.82. The van der Waals surface area contributed by atoms with Gasteiger partial charge in [0.15, 0.2) is 0 Å². The molecule has 114 valence electrons. The van der Waals surface area contributed by atoms with Gasteiger partial charge in [0.2, 0.25) is 0 Å². The van der Waals surface area contributed by atoms with Gasteiger partial charge in [-0.15, -0.1) is 0 Å². The summed E-state index contributed by atoms with van der Waals surface area (Å²) in [7, 11) is 0. The predicted octanol–water partition coefficient (Wildman–Crippen LogP) is 4.38. The van der Waals surface area contributed by atoms with Crippen LogP contribution in [-0.2, 0) is 0 Å². The van der Waals surface area contributed by atoms with Crippen molar-refractivity contribution < 1.29 is 4.39 Å². The first-order valence-corrected chi connectivity index (χ1v) is 7.83. The maximum absolute atomic E-state index is 13.6. The Kier molecular flexibility index (Phi) is 7.49. The summed E-state index contributed by atoms with van der Waals surface area (Å²) in [6.07, 6.45) is 3.29. The van der Waals surface area contributed by atoms with E-state index in [1.807, 2.05) is 6.07 Å². The van der Waals surface area contributed by atoms with Gasteiger partial charge in [0.25, 0.3) is 0 Å². The molecule has 0 radical (unpaired) electrons. The first-order chi connectivity index (χ1) is 9.53. The van der Waals surface area contributed by atoms with E-state index in [1.54, 1.807) is 6.07 Å². The van der Waals surface area contributed by atoms with Crippen molar-refractivity contribution in [1.29, 1.82) is 0 Å². The normalized spacial score (nSPS) is 14.6. The first-order valence-electron chi connectivity index (χ1n) is 7.45. The molecule has 0 amide bonds. The Hall–Kier alpha value is -0.640. The highest BCUT2D eigenvalue weighted by Gasteiger charge is 2.23. The van der Waals surface area contributed by atoms with Crippen molar-refractivity contribution in [1.82, 2.24) is 4.90 Å². The van der Waals surface area contributed by atoms with Gasteiger partial charge < -0.3 is 5.73 Å². The van der Waals surface area contributed by atoms with Gasteiger partial charge in [-0.1, -0.05) is 31.9 Å². The van der Waals surface area contributed by atoms with Crippen LogP contribution in [0.2, 0.25) is 5.02 Å². The molecule has 0 spiro atoms. The zero-order valence-corrected chi connectivity index (χ0v) is 13.5. The molecule has 0 aliphatic carbocycles. The number of nitrogens with two attached hydrogens (primary N) is 1. The molecule has 1 aromatic rings. The maximum Gasteiger partial charge on any atom is 0.125 e. The highest BCUT2D eigenvalue weighted by molar-refractivity contribution is 6.30. The predicted molar refractivity (Wildman–Crippen MR) is 84.6 cm³/mol. The molecule has 20 heavy (non-hydrogen) atoms. The number of hydrogen-bond donors (Lipinski definition) is 1. The van der Waals surface area contributed by atoms with E-state index < -0.39 is 0 Å². The SMILES string of the molecule is CCCCN(C(C)CC)C(CN)c1cc(F)cc(Cl)c1. The monoisotopic (exact) mass is 300 g/mol. The Bertz CT molecular complexity index is 391. The second-order valence-electron chi connectivity index (χ2n) is 5.30. The van der Waals surface area contributed by atoms with Crippen molar-refractivity contribution in [2.45, 2.75) is 52.1 Å². The summed E-state index contributed by atoms with van der Waals surface area (Å²) < 4.78 is 13.6. The van der Waals surface area contributed by atoms with Crippen molar-refractivity contribution in [3.05, 3.63) is 34.6 Å². The fourth-order valence-electron chi connectivity index (χ4n) is 2.49. The number of hydrogen-bond acceptors (Lipinski definition) is 2. The Morgan fingerprint density at radius 3 is 2.50 bits per heavy atom. The fourth-order valence-corrected chi connectivity index (χ4v) is 2.72. The largest absolute Gasteiger partial charge is 0.329 e. The quantitative estimate of drug-likeness (QED) is 0.772. The topological polar surface area (TPSA) is 29.3 Å². The molecule has 2 unspecified atom stereocenters. The molecule has 0 aliphatic rings. The molecule has 4 heteroatoms. The van der Waals surface area contributed by atoms with Gasteiger partial charge in [0.1, 0.15) is 5.82 Å². The minimum absolute atomic E-state index is 0.0182. The lowest BCUT2D eigenvalue weighted by Crippen LogP contribution is -2.40. The number of rotatable bonds is 8. The molecule has 2 atom stereocenters. The lowest BCUT2D eigenvalue weighted by molar-refractivity contribution is 0.140. The smallest absolute Gasteiger partial charge is 0.125 e. The van der Waals surface area contributed by atoms with E-state index >= 15 is 0 Å². The highest BCUT2D eigenvalue weighted by Crippen LogP contribution is 2.27. The molecule has 2 nitrogen and oxygen atoms in total. The van der Waals surface area contributed by atoms with E-state index in [1.165, 1.54) is 6.07 Å². The van der Waals surface area contributed by atoms with E-state index in [4.69, 9.17) is 17.3 Å². The van der Waals surface area contributed by atoms with Gasteiger partial charge in [-0.2, -0.15) is 0 Å². The summed E-state index contributed by atoms with van der Waals surface area (Å²) in [5.74, 6) is -0.300. The first kappa shape index (κ1) is 17.4. The van der Waals surface area contributed by atoms with Gasteiger partial charge in [0.05, 0.1) is 0 Å². The van der Waals surface area contributed by atoms with Crippen LogP contribution in [0.15, 0.2) is 18.2 Å². The second-order valence-corrected chi connectivity index (χ2v) is 5.74. The van der Waals surface area contributed by atoms with Crippen LogP contribution in [0, 0.1) is 5.82 Å². The lowest BCUT2D eigenvalue weighted by Gasteiger charge is -2.36. The third kappa shape index (κ3) is 4.72. The van der Waals surface area contributed by atoms with Crippen molar-refractivity contribution in [3.63, 3.8) is 0 Å². The Balaban J connectivity index is 3.04. The maximum atomic E-state index is 13.6. The molecule has 0 bridgehead atoms. The molecule has 0 aromatic heterocycles. The van der Waals surface area contributed by atoms with Gasteiger partial charge in [-0.3, -0.25) is 4.90 Å². The Morgan fingerprint density at radius 2 is 2.00 bits per heavy atom. The van der Waals surface area contributed by atoms with Gasteiger partial charge in [-0.05, 0) is 50.1 Å². The number of nitrogens with zero attached hydrogens (tertiary/aromatic N) is 1. The zero-order chi connectivity index (χ0) is 15.1. The Labute approximate surface area is 127 Å². The minimum atomic E-state index is -0.300. The minimum Gasteiger partial charge on any atom is -0.329 e. The van der Waals surface area contributed by atoms with Gasteiger partial charge >= 0.3 is 0 Å². The van der Waals surface area contributed by atoms with Crippen molar-refractivity contribution in [3.8, 4) is 0 Å². The van der Waals surface area contributed by atoms with Crippen molar-refractivity contribution in [2.24, 2.45) is 5.73 Å². The van der Waals surface area contributed by atoms with Crippen LogP contribution in [0.25, 0.3) is 0 Å². The fraction of sp³-hybridized carbons (Fsp3) is 0.625. The molecule has 2 N–H and O–H groups in total. The van der Waals surface area contributed by atoms with Crippen LogP contribution in [0.4, 0.5) is 4.39 Å². The molecular formula is C16H26ClFN2. The summed E-state index contributed by atoms with van der Waals surface area (Å²) in [4.78, 5) is 2.37. The van der Waals surface area contributed by atoms with Crippen LogP contribution in [0.1, 0.15) is 51.6 Å². The number of halogens is 2. The van der Waals surface area contributed by atoms with E-state index in [-0.39, 0.29) is 11.9 Å². The number of benzene rings is 1. The average molecular weight is 301 g/mol. The molecule has 0 aliphatic heterocycles. The van der Waals surface area contributed by atoms with E-state index in [0.29, 0.717) is 17.6 Å². The molecule has 0 saturated heterocycles. The summed E-state index contributed by atoms with van der Waals surface area (Å²) in [6.45, 7) is 7.97.